The second-order valence-corrected chi connectivity index (χ2v) is 6.67. The molecule has 8 nitrogen and oxygen atoms in total. The van der Waals surface area contributed by atoms with E-state index in [1.807, 2.05) is 31.2 Å². The third-order valence-corrected chi connectivity index (χ3v) is 4.70. The third-order valence-electron chi connectivity index (χ3n) is 4.70. The van der Waals surface area contributed by atoms with Crippen molar-refractivity contribution in [2.75, 3.05) is 6.54 Å². The summed E-state index contributed by atoms with van der Waals surface area (Å²) in [4.78, 5) is 42.4. The summed E-state index contributed by atoms with van der Waals surface area (Å²) in [6, 6.07) is 11.8. The molecule has 2 heterocycles. The highest BCUT2D eigenvalue weighted by Crippen LogP contribution is 2.24. The molecule has 1 aromatic heterocycles. The van der Waals surface area contributed by atoms with Crippen LogP contribution in [0.4, 0.5) is 0 Å². The van der Waals surface area contributed by atoms with E-state index in [4.69, 9.17) is 9.26 Å². The van der Waals surface area contributed by atoms with Gasteiger partial charge in [0.25, 0.3) is 17.7 Å². The Kier molecular flexibility index (Phi) is 4.97. The number of carbonyl (C=O) groups is 3. The Balaban J connectivity index is 1.46. The Labute approximate surface area is 171 Å². The van der Waals surface area contributed by atoms with Crippen LogP contribution in [0.5, 0.6) is 0 Å². The maximum absolute atomic E-state index is 12.4. The summed E-state index contributed by atoms with van der Waals surface area (Å²) in [5, 5.41) is 3.92. The van der Waals surface area contributed by atoms with Gasteiger partial charge in [0.1, 0.15) is 0 Å². The lowest BCUT2D eigenvalue weighted by Crippen LogP contribution is -2.29. The predicted octanol–water partition coefficient (Wildman–Crippen LogP) is 3.18. The van der Waals surface area contributed by atoms with Crippen molar-refractivity contribution < 1.29 is 23.6 Å². The molecule has 4 rings (SSSR count). The Morgan fingerprint density at radius 2 is 1.90 bits per heavy atom. The normalized spacial score (nSPS) is 12.8. The van der Waals surface area contributed by atoms with Crippen LogP contribution in [0, 0.1) is 6.92 Å². The van der Waals surface area contributed by atoms with Gasteiger partial charge >= 0.3 is 5.97 Å². The Morgan fingerprint density at radius 3 is 2.67 bits per heavy atom. The number of carbonyl (C=O) groups excluding carboxylic acids is 3. The number of esters is 1. The van der Waals surface area contributed by atoms with E-state index >= 15 is 0 Å². The molecule has 0 saturated carbocycles. The van der Waals surface area contributed by atoms with Crippen molar-refractivity contribution >= 4 is 17.8 Å². The van der Waals surface area contributed by atoms with Crippen LogP contribution in [0.25, 0.3) is 11.4 Å². The Morgan fingerprint density at radius 1 is 1.13 bits per heavy atom. The lowest BCUT2D eigenvalue weighted by Gasteiger charge is -2.09. The van der Waals surface area contributed by atoms with E-state index in [1.165, 1.54) is 24.3 Å². The fourth-order valence-electron chi connectivity index (χ4n) is 3.17. The predicted molar refractivity (Wildman–Crippen MR) is 106 cm³/mol. The van der Waals surface area contributed by atoms with E-state index in [1.54, 1.807) is 0 Å². The third kappa shape index (κ3) is 3.39. The van der Waals surface area contributed by atoms with Gasteiger partial charge in [-0.1, -0.05) is 35.5 Å². The second kappa shape index (κ2) is 7.75. The summed E-state index contributed by atoms with van der Waals surface area (Å²) in [6.45, 7) is 5.36. The minimum atomic E-state index is -0.670. The van der Waals surface area contributed by atoms with E-state index in [0.29, 0.717) is 5.82 Å². The van der Waals surface area contributed by atoms with Crippen molar-refractivity contribution in [3.05, 3.63) is 83.3 Å². The van der Waals surface area contributed by atoms with Crippen LogP contribution >= 0.6 is 0 Å². The molecule has 1 aliphatic rings. The molecule has 8 heteroatoms. The first-order chi connectivity index (χ1) is 14.5. The van der Waals surface area contributed by atoms with Gasteiger partial charge in [0, 0.05) is 12.1 Å². The monoisotopic (exact) mass is 403 g/mol. The Bertz CT molecular complexity index is 1180. The maximum atomic E-state index is 12.4. The summed E-state index contributed by atoms with van der Waals surface area (Å²) in [5.41, 5.74) is 2.37. The van der Waals surface area contributed by atoms with Gasteiger partial charge in [-0.25, -0.2) is 4.79 Å². The number of aromatic nitrogens is 2. The molecule has 0 fully saturated rings. The molecule has 0 N–H and O–H groups in total. The lowest BCUT2D eigenvalue weighted by molar-refractivity contribution is 0.0429. The van der Waals surface area contributed by atoms with E-state index in [0.717, 1.165) is 16.0 Å². The van der Waals surface area contributed by atoms with Gasteiger partial charge in [0.15, 0.2) is 6.61 Å². The molecule has 1 aliphatic heterocycles. The first kappa shape index (κ1) is 19.3. The molecular weight excluding hydrogens is 386 g/mol. The number of nitrogens with zero attached hydrogens (tertiary/aromatic N) is 3. The quantitative estimate of drug-likeness (QED) is 0.354. The minimum absolute atomic E-state index is 0.104. The second-order valence-electron chi connectivity index (χ2n) is 6.67. The fraction of sp³-hybridized carbons (Fsp3) is 0.136. The number of aryl methyl sites for hydroxylation is 1. The van der Waals surface area contributed by atoms with Gasteiger partial charge in [-0.3, -0.25) is 14.5 Å². The van der Waals surface area contributed by atoms with Gasteiger partial charge in [-0.05, 0) is 30.7 Å². The first-order valence-corrected chi connectivity index (χ1v) is 9.16. The number of hydrogen-bond donors (Lipinski definition) is 0. The largest absolute Gasteiger partial charge is 0.452 e. The van der Waals surface area contributed by atoms with Crippen molar-refractivity contribution in [1.29, 1.82) is 0 Å². The molecule has 0 unspecified atom stereocenters. The highest BCUT2D eigenvalue weighted by Gasteiger charge is 2.35. The molecule has 3 aromatic rings. The summed E-state index contributed by atoms with van der Waals surface area (Å²) >= 11 is 0. The highest BCUT2D eigenvalue weighted by molar-refractivity contribution is 6.22. The number of ether oxygens (including phenoxy) is 1. The van der Waals surface area contributed by atoms with Crippen LogP contribution in [0.15, 0.2) is 59.6 Å². The molecule has 0 spiro atoms. The van der Waals surface area contributed by atoms with E-state index in [9.17, 15) is 14.4 Å². The molecular formula is C22H17N3O5. The van der Waals surface area contributed by atoms with Gasteiger partial charge in [-0.15, -0.1) is 6.58 Å². The lowest BCUT2D eigenvalue weighted by atomic mass is 10.1. The molecule has 2 amide bonds. The first-order valence-electron chi connectivity index (χ1n) is 9.16. The van der Waals surface area contributed by atoms with Crippen LogP contribution < -0.4 is 0 Å². The number of fused-ring (bicyclic) bond motifs is 1. The van der Waals surface area contributed by atoms with Gasteiger partial charge in [0.05, 0.1) is 16.7 Å². The minimum Gasteiger partial charge on any atom is -0.452 e. The zero-order chi connectivity index (χ0) is 21.3. The van der Waals surface area contributed by atoms with Crippen LogP contribution in [0.3, 0.4) is 0 Å². The number of hydrogen-bond acceptors (Lipinski definition) is 7. The number of benzene rings is 2. The molecule has 150 valence electrons. The van der Waals surface area contributed by atoms with Crippen LogP contribution in [0.2, 0.25) is 0 Å². The number of amides is 2. The molecule has 0 atom stereocenters. The molecule has 0 saturated heterocycles. The van der Waals surface area contributed by atoms with Crippen LogP contribution in [-0.4, -0.2) is 39.4 Å². The fourth-order valence-corrected chi connectivity index (χ4v) is 3.17. The summed E-state index contributed by atoms with van der Waals surface area (Å²) in [5.74, 6) is -1.00. The van der Waals surface area contributed by atoms with Gasteiger partial charge in [-0.2, -0.15) is 4.98 Å². The smallest absolute Gasteiger partial charge is 0.338 e. The van der Waals surface area contributed by atoms with Crippen LogP contribution in [-0.2, 0) is 11.3 Å². The van der Waals surface area contributed by atoms with Gasteiger partial charge < -0.3 is 9.26 Å². The van der Waals surface area contributed by atoms with E-state index in [-0.39, 0.29) is 35.7 Å². The molecule has 0 radical (unpaired) electrons. The van der Waals surface area contributed by atoms with E-state index in [2.05, 4.69) is 16.7 Å². The maximum Gasteiger partial charge on any atom is 0.338 e. The van der Waals surface area contributed by atoms with E-state index < -0.39 is 17.8 Å². The summed E-state index contributed by atoms with van der Waals surface area (Å²) < 4.78 is 10.4. The van der Waals surface area contributed by atoms with Crippen LogP contribution in [0.1, 0.15) is 42.5 Å². The average molecular weight is 403 g/mol. The summed E-state index contributed by atoms with van der Waals surface area (Å²) in [6.07, 6.45) is 1.46. The van der Waals surface area contributed by atoms with Crippen molar-refractivity contribution in [2.45, 2.75) is 13.5 Å². The SMILES string of the molecule is C=CCN1C(=O)c2ccc(C(=O)OCc3nc(-c4ccccc4C)no3)cc2C1=O. The molecule has 2 aromatic carbocycles. The number of imide groups is 1. The standard InChI is InChI=1S/C22H17N3O5/c1-3-10-25-20(26)16-9-8-14(11-17(16)21(25)27)22(28)29-12-18-23-19(24-30-18)15-7-5-4-6-13(15)2/h3-9,11H,1,10,12H2,2H3. The van der Waals surface area contributed by atoms with Crippen molar-refractivity contribution in [1.82, 2.24) is 15.0 Å². The Hall–Kier alpha value is -4.07. The zero-order valence-electron chi connectivity index (χ0n) is 16.1. The number of rotatable bonds is 6. The topological polar surface area (TPSA) is 103 Å². The molecule has 30 heavy (non-hydrogen) atoms. The zero-order valence-corrected chi connectivity index (χ0v) is 16.1. The highest BCUT2D eigenvalue weighted by atomic mass is 16.6. The molecule has 0 bridgehead atoms. The van der Waals surface area contributed by atoms with Gasteiger partial charge in [0.2, 0.25) is 5.82 Å². The average Bonchev–Trinajstić information content (AvgIpc) is 3.31. The summed E-state index contributed by atoms with van der Waals surface area (Å²) in [7, 11) is 0. The van der Waals surface area contributed by atoms with Crippen molar-refractivity contribution in [2.24, 2.45) is 0 Å². The van der Waals surface area contributed by atoms with Crippen molar-refractivity contribution in [3.8, 4) is 11.4 Å². The molecule has 0 aliphatic carbocycles. The van der Waals surface area contributed by atoms with Crippen molar-refractivity contribution in [3.63, 3.8) is 0 Å².